The number of fused-ring (bicyclic) bond motifs is 2. The Balaban J connectivity index is 0.00000771. The summed E-state index contributed by atoms with van der Waals surface area (Å²) >= 11 is 0. The topological polar surface area (TPSA) is 248 Å². The van der Waals surface area contributed by atoms with Crippen LogP contribution in [-0.4, -0.2) is 95.0 Å². The van der Waals surface area contributed by atoms with Gasteiger partial charge in [0.25, 0.3) is 23.6 Å². The summed E-state index contributed by atoms with van der Waals surface area (Å²) in [5.41, 5.74) is 2.53. The molecule has 338 valence electrons. The molecule has 0 N–H and O–H groups in total. The Morgan fingerprint density at radius 2 is 1.17 bits per heavy atom. The Hall–Kier alpha value is -4.57. The first-order chi connectivity index (χ1) is 29.5. The monoisotopic (exact) mass is 932 g/mol. The summed E-state index contributed by atoms with van der Waals surface area (Å²) in [5.74, 6) is -3.65. The molecule has 0 unspecified atom stereocenters. The zero-order valence-electron chi connectivity index (χ0n) is 36.4. The van der Waals surface area contributed by atoms with Crippen LogP contribution in [0.5, 0.6) is 0 Å². The number of imide groups is 2. The van der Waals surface area contributed by atoms with Gasteiger partial charge in [-0.2, -0.15) is 4.58 Å². The Bertz CT molecular complexity index is 2550. The maximum Gasteiger partial charge on any atom is 1.00 e. The van der Waals surface area contributed by atoms with E-state index < -0.39 is 66.6 Å². The first-order valence-electron chi connectivity index (χ1n) is 20.7. The van der Waals surface area contributed by atoms with Gasteiger partial charge in [-0.1, -0.05) is 26.3 Å². The molecule has 0 spiro atoms. The number of amides is 4. The molecule has 0 bridgehead atoms. The van der Waals surface area contributed by atoms with Crippen LogP contribution in [0.2, 0.25) is 0 Å². The van der Waals surface area contributed by atoms with Gasteiger partial charge in [0, 0.05) is 86.0 Å². The largest absolute Gasteiger partial charge is 1.00 e. The third-order valence-corrected chi connectivity index (χ3v) is 13.4. The number of carbonyl (C=O) groups excluding carboxylic acids is 6. The van der Waals surface area contributed by atoms with Gasteiger partial charge in [-0.05, 0) is 81.5 Å². The molecular formula is C43H49N4NaO14S2. The van der Waals surface area contributed by atoms with E-state index in [1.165, 1.54) is 24.3 Å². The summed E-state index contributed by atoms with van der Waals surface area (Å²) in [7, 11) is -9.55. The van der Waals surface area contributed by atoms with Gasteiger partial charge in [0.15, 0.2) is 5.71 Å². The number of hydrogen-bond donors (Lipinski definition) is 0. The van der Waals surface area contributed by atoms with E-state index in [2.05, 4.69) is 0 Å². The molecule has 0 radical (unpaired) electrons. The van der Waals surface area contributed by atoms with Crippen molar-refractivity contribution in [2.75, 3.05) is 18.0 Å². The van der Waals surface area contributed by atoms with E-state index in [1.807, 2.05) is 55.4 Å². The summed E-state index contributed by atoms with van der Waals surface area (Å²) in [4.78, 5) is 83.3. The minimum atomic E-state index is -4.77. The average Bonchev–Trinajstić information content (AvgIpc) is 3.83. The molecule has 2 aromatic rings. The van der Waals surface area contributed by atoms with Crippen molar-refractivity contribution in [3.05, 3.63) is 71.5 Å². The first kappa shape index (κ1) is 50.4. The predicted octanol–water partition coefficient (Wildman–Crippen LogP) is 1.45. The first-order valence-corrected chi connectivity index (χ1v) is 23.5. The summed E-state index contributed by atoms with van der Waals surface area (Å²) in [5, 5.41) is 1.02. The number of rotatable bonds is 18. The van der Waals surface area contributed by atoms with Crippen molar-refractivity contribution in [3.8, 4) is 0 Å². The third kappa shape index (κ3) is 10.9. The molecule has 2 aromatic carbocycles. The summed E-state index contributed by atoms with van der Waals surface area (Å²) in [6.07, 6.45) is 8.54. The molecule has 0 aromatic heterocycles. The number of allylic oxidation sites excluding steroid dienone is 4. The predicted molar refractivity (Wildman–Crippen MR) is 221 cm³/mol. The average molecular weight is 933 g/mol. The van der Waals surface area contributed by atoms with E-state index in [9.17, 15) is 54.7 Å². The number of anilines is 1. The zero-order chi connectivity index (χ0) is 46.1. The van der Waals surface area contributed by atoms with E-state index in [0.29, 0.717) is 84.2 Å². The van der Waals surface area contributed by atoms with Gasteiger partial charge < -0.3 is 23.7 Å². The van der Waals surface area contributed by atoms with Gasteiger partial charge in [0.1, 0.15) is 26.8 Å². The molecule has 2 fully saturated rings. The Morgan fingerprint density at radius 1 is 0.688 bits per heavy atom. The molecule has 0 aliphatic carbocycles. The van der Waals surface area contributed by atoms with Crippen molar-refractivity contribution in [3.63, 3.8) is 0 Å². The molecule has 0 atom stereocenters. The Kier molecular flexibility index (Phi) is 15.7. The van der Waals surface area contributed by atoms with E-state index in [1.54, 1.807) is 12.1 Å². The van der Waals surface area contributed by atoms with Gasteiger partial charge >= 0.3 is 41.5 Å². The van der Waals surface area contributed by atoms with Crippen molar-refractivity contribution >= 4 is 72.9 Å². The number of unbranched alkanes of at least 4 members (excludes halogenated alkanes) is 4. The van der Waals surface area contributed by atoms with Crippen LogP contribution >= 0.6 is 0 Å². The molecule has 4 aliphatic heterocycles. The van der Waals surface area contributed by atoms with Crippen LogP contribution in [0.4, 0.5) is 11.4 Å². The fraction of sp³-hybridized carbons (Fsp3) is 0.465. The SMILES string of the molecule is CC1(C)C(=CC=CC2=[N+](CCCCCC(=O)ON3C(=O)CCC3=O)c3ccc(S(=O)(=O)[O-])cc3C2(C)C)N(CCCCCC(=O)ON2C(=O)CCC2=O)c2ccc(S(=O)(=O)[O-])cc21.[Na+]. The van der Waals surface area contributed by atoms with Crippen LogP contribution in [0.1, 0.15) is 116 Å². The minimum Gasteiger partial charge on any atom is -0.744 e. The van der Waals surface area contributed by atoms with Crippen molar-refractivity contribution in [2.45, 2.75) is 125 Å². The van der Waals surface area contributed by atoms with Crippen LogP contribution < -0.4 is 34.5 Å². The van der Waals surface area contributed by atoms with Gasteiger partial charge in [-0.15, -0.1) is 10.1 Å². The van der Waals surface area contributed by atoms with Gasteiger partial charge in [0.05, 0.1) is 15.2 Å². The fourth-order valence-corrected chi connectivity index (χ4v) is 9.37. The number of benzene rings is 2. The standard InChI is InChI=1S/C43H50N4O14S2.Na/c1-42(2)30-26-28(62(54,55)56)16-18-32(30)44(24-9-5-7-14-40(52)60-46-36(48)20-21-37(46)49)34(42)12-11-13-35-43(3,4)31-27-29(63(57,58)59)17-19-33(31)45(35)25-10-6-8-15-41(53)61-47-38(50)22-23-39(47)51;/h11-13,16-19,26-27H,5-10,14-15,20-25H2,1-4H3,(H-,54,55,56,57,58,59);/q;+1/p-1. The second kappa shape index (κ2) is 19.9. The number of hydroxylamine groups is 4. The summed E-state index contributed by atoms with van der Waals surface area (Å²) in [6, 6.07) is 8.47. The molecule has 4 amide bonds. The fourth-order valence-electron chi connectivity index (χ4n) is 8.38. The molecule has 64 heavy (non-hydrogen) atoms. The van der Waals surface area contributed by atoms with Crippen molar-refractivity contribution in [1.82, 2.24) is 10.1 Å². The Labute approximate surface area is 394 Å². The number of nitrogens with zero attached hydrogens (tertiary/aromatic N) is 4. The third-order valence-electron chi connectivity index (χ3n) is 11.7. The molecule has 6 rings (SSSR count). The van der Waals surface area contributed by atoms with Crippen molar-refractivity contribution in [2.24, 2.45) is 0 Å². The van der Waals surface area contributed by atoms with Crippen LogP contribution in [0.15, 0.2) is 70.1 Å². The van der Waals surface area contributed by atoms with Gasteiger partial charge in [-0.3, -0.25) is 19.2 Å². The summed E-state index contributed by atoms with van der Waals surface area (Å²) < 4.78 is 74.5. The smallest absolute Gasteiger partial charge is 0.744 e. The van der Waals surface area contributed by atoms with Gasteiger partial charge in [-0.25, -0.2) is 26.4 Å². The zero-order valence-corrected chi connectivity index (χ0v) is 40.0. The van der Waals surface area contributed by atoms with Crippen LogP contribution in [0.25, 0.3) is 0 Å². The molecule has 4 aliphatic rings. The van der Waals surface area contributed by atoms with Crippen molar-refractivity contribution < 1.29 is 98.5 Å². The molecule has 0 saturated carbocycles. The quantitative estimate of drug-likeness (QED) is 0.0675. The second-order valence-corrected chi connectivity index (χ2v) is 19.6. The normalized spacial score (nSPS) is 18.7. The molecule has 21 heteroatoms. The second-order valence-electron chi connectivity index (χ2n) is 16.8. The van der Waals surface area contributed by atoms with Crippen molar-refractivity contribution in [1.29, 1.82) is 0 Å². The minimum absolute atomic E-state index is 0. The van der Waals surface area contributed by atoms with Crippen LogP contribution in [0.3, 0.4) is 0 Å². The van der Waals surface area contributed by atoms with Crippen LogP contribution in [-0.2, 0) is 69.5 Å². The van der Waals surface area contributed by atoms with E-state index >= 15 is 0 Å². The molecular weight excluding hydrogens is 884 g/mol. The molecule has 2 saturated heterocycles. The van der Waals surface area contributed by atoms with Gasteiger partial charge in [0.2, 0.25) is 5.69 Å². The van der Waals surface area contributed by atoms with E-state index in [-0.39, 0.29) is 77.9 Å². The molecule has 18 nitrogen and oxygen atoms in total. The van der Waals surface area contributed by atoms with E-state index in [0.717, 1.165) is 11.4 Å². The summed E-state index contributed by atoms with van der Waals surface area (Å²) in [6.45, 7) is 8.48. The number of carbonyl (C=O) groups is 6. The number of hydrogen-bond acceptors (Lipinski definition) is 15. The van der Waals surface area contributed by atoms with Crippen LogP contribution in [0, 0.1) is 0 Å². The maximum absolute atomic E-state index is 12.4. The van der Waals surface area contributed by atoms with E-state index in [4.69, 9.17) is 9.68 Å². The Morgan fingerprint density at radius 3 is 1.69 bits per heavy atom. The molecule has 4 heterocycles. The maximum atomic E-state index is 12.4.